The van der Waals surface area contributed by atoms with E-state index in [0.29, 0.717) is 37.6 Å². The number of hydrogen-bond acceptors (Lipinski definition) is 5. The molecule has 0 spiro atoms. The molecule has 0 aromatic heterocycles. The Kier molecular flexibility index (Phi) is 8.71. The molecule has 138 valence electrons. The number of methoxy groups -OCH3 is 1. The summed E-state index contributed by atoms with van der Waals surface area (Å²) in [6, 6.07) is 13.7. The molecule has 0 aliphatic carbocycles. The highest BCUT2D eigenvalue weighted by Gasteiger charge is 2.13. The molecular weight excluding hydrogens is 364 g/mol. The second kappa shape index (κ2) is 10.2. The fraction of sp³-hybridized carbons (Fsp3) is 0.294. The third-order valence-electron chi connectivity index (χ3n) is 3.38. The Hall–Kier alpha value is -1.80. The minimum Gasteiger partial charge on any atom is -0.491 e. The average molecular weight is 387 g/mol. The van der Waals surface area contributed by atoms with Crippen LogP contribution in [0.25, 0.3) is 0 Å². The van der Waals surface area contributed by atoms with Crippen molar-refractivity contribution < 1.29 is 17.9 Å². The highest BCUT2D eigenvalue weighted by Crippen LogP contribution is 2.16. The van der Waals surface area contributed by atoms with Crippen molar-refractivity contribution in [2.24, 2.45) is 0 Å². The lowest BCUT2D eigenvalue weighted by atomic mass is 10.1. The zero-order valence-corrected chi connectivity index (χ0v) is 15.6. The Bertz CT molecular complexity index is 734. The fourth-order valence-corrected chi connectivity index (χ4v) is 3.09. The molecule has 2 aromatic carbocycles. The summed E-state index contributed by atoms with van der Waals surface area (Å²) in [5.74, 6) is 0.605. The summed E-state index contributed by atoms with van der Waals surface area (Å²) >= 11 is 0. The quantitative estimate of drug-likeness (QED) is 0.509. The van der Waals surface area contributed by atoms with E-state index in [-0.39, 0.29) is 17.3 Å². The summed E-state index contributed by atoms with van der Waals surface area (Å²) in [5.41, 5.74) is 7.33. The molecule has 0 saturated carbocycles. The number of sulfonamides is 1. The molecule has 2 rings (SSSR count). The summed E-state index contributed by atoms with van der Waals surface area (Å²) < 4.78 is 37.4. The third kappa shape index (κ3) is 6.91. The Labute approximate surface area is 154 Å². The van der Waals surface area contributed by atoms with Crippen LogP contribution in [0.5, 0.6) is 5.75 Å². The van der Waals surface area contributed by atoms with Gasteiger partial charge in [-0.2, -0.15) is 0 Å². The Morgan fingerprint density at radius 2 is 1.64 bits per heavy atom. The van der Waals surface area contributed by atoms with Gasteiger partial charge >= 0.3 is 0 Å². The largest absolute Gasteiger partial charge is 0.491 e. The molecule has 0 bridgehead atoms. The van der Waals surface area contributed by atoms with Gasteiger partial charge in [-0.05, 0) is 48.4 Å². The molecule has 8 heteroatoms. The lowest BCUT2D eigenvalue weighted by Gasteiger charge is -2.09. The number of hydrogen-bond donors (Lipinski definition) is 2. The van der Waals surface area contributed by atoms with Crippen molar-refractivity contribution in [1.82, 2.24) is 4.72 Å². The maximum Gasteiger partial charge on any atom is 0.240 e. The van der Waals surface area contributed by atoms with Gasteiger partial charge in [-0.25, -0.2) is 13.1 Å². The molecule has 0 unspecified atom stereocenters. The molecule has 0 aliphatic heterocycles. The van der Waals surface area contributed by atoms with Crippen molar-refractivity contribution in [3.05, 3.63) is 54.1 Å². The zero-order valence-electron chi connectivity index (χ0n) is 14.0. The number of nitrogen functional groups attached to an aromatic ring is 1. The molecule has 0 aliphatic rings. The minimum atomic E-state index is -3.54. The van der Waals surface area contributed by atoms with Crippen LogP contribution in [-0.4, -0.2) is 35.3 Å². The molecule has 0 radical (unpaired) electrons. The van der Waals surface area contributed by atoms with Gasteiger partial charge in [-0.3, -0.25) is 0 Å². The van der Waals surface area contributed by atoms with Gasteiger partial charge in [0.1, 0.15) is 12.4 Å². The van der Waals surface area contributed by atoms with Crippen molar-refractivity contribution in [2.75, 3.05) is 32.6 Å². The molecule has 0 fully saturated rings. The highest BCUT2D eigenvalue weighted by atomic mass is 35.5. The predicted octanol–water partition coefficient (Wildman–Crippen LogP) is 2.24. The number of ether oxygens (including phenoxy) is 2. The molecule has 0 saturated heterocycles. The van der Waals surface area contributed by atoms with Crippen LogP contribution in [0.15, 0.2) is 53.4 Å². The van der Waals surface area contributed by atoms with Crippen LogP contribution in [0, 0.1) is 0 Å². The molecule has 3 N–H and O–H groups in total. The third-order valence-corrected chi connectivity index (χ3v) is 4.85. The second-order valence-corrected chi connectivity index (χ2v) is 6.97. The van der Waals surface area contributed by atoms with Gasteiger partial charge in [0.15, 0.2) is 0 Å². The van der Waals surface area contributed by atoms with E-state index in [4.69, 9.17) is 15.2 Å². The summed E-state index contributed by atoms with van der Waals surface area (Å²) in [7, 11) is -1.94. The van der Waals surface area contributed by atoms with Crippen molar-refractivity contribution in [3.63, 3.8) is 0 Å². The van der Waals surface area contributed by atoms with Crippen LogP contribution < -0.4 is 15.2 Å². The highest BCUT2D eigenvalue weighted by molar-refractivity contribution is 7.89. The predicted molar refractivity (Wildman–Crippen MR) is 101 cm³/mol. The van der Waals surface area contributed by atoms with Crippen LogP contribution in [0.3, 0.4) is 0 Å². The molecule has 2 aromatic rings. The number of nitrogens with one attached hydrogen (secondary N) is 1. The lowest BCUT2D eigenvalue weighted by Crippen LogP contribution is -2.26. The Balaban J connectivity index is 0.00000312. The van der Waals surface area contributed by atoms with E-state index in [1.807, 2.05) is 12.1 Å². The van der Waals surface area contributed by atoms with E-state index in [2.05, 4.69) is 4.72 Å². The lowest BCUT2D eigenvalue weighted by molar-refractivity contribution is 0.146. The average Bonchev–Trinajstić information content (AvgIpc) is 2.57. The van der Waals surface area contributed by atoms with E-state index in [0.717, 1.165) is 5.56 Å². The van der Waals surface area contributed by atoms with Gasteiger partial charge in [0.05, 0.1) is 11.5 Å². The number of anilines is 1. The maximum absolute atomic E-state index is 12.3. The minimum absolute atomic E-state index is 0. The molecular formula is C17H23ClN2O4S. The van der Waals surface area contributed by atoms with Gasteiger partial charge in [0.25, 0.3) is 0 Å². The summed E-state index contributed by atoms with van der Waals surface area (Å²) in [5, 5.41) is 0. The van der Waals surface area contributed by atoms with Gasteiger partial charge in [-0.1, -0.05) is 12.1 Å². The molecule has 0 heterocycles. The van der Waals surface area contributed by atoms with E-state index in [9.17, 15) is 8.42 Å². The number of nitrogens with two attached hydrogens (primary N) is 1. The van der Waals surface area contributed by atoms with E-state index < -0.39 is 10.0 Å². The van der Waals surface area contributed by atoms with Gasteiger partial charge in [0.2, 0.25) is 10.0 Å². The van der Waals surface area contributed by atoms with Gasteiger partial charge < -0.3 is 15.2 Å². The van der Waals surface area contributed by atoms with E-state index in [1.165, 1.54) is 12.1 Å². The SMILES string of the molecule is COCCOc1ccc(S(=O)(=O)NCCc2ccc(N)cc2)cc1.Cl. The first-order valence-corrected chi connectivity index (χ1v) is 9.05. The first-order chi connectivity index (χ1) is 11.5. The van der Waals surface area contributed by atoms with Crippen LogP contribution >= 0.6 is 12.4 Å². The molecule has 0 atom stereocenters. The van der Waals surface area contributed by atoms with Crippen LogP contribution in [0.1, 0.15) is 5.56 Å². The molecule has 25 heavy (non-hydrogen) atoms. The summed E-state index contributed by atoms with van der Waals surface area (Å²) in [4.78, 5) is 0.207. The van der Waals surface area contributed by atoms with Crippen molar-refractivity contribution in [3.8, 4) is 5.75 Å². The Morgan fingerprint density at radius 3 is 2.24 bits per heavy atom. The topological polar surface area (TPSA) is 90.6 Å². The second-order valence-electron chi connectivity index (χ2n) is 5.20. The van der Waals surface area contributed by atoms with Crippen LogP contribution in [-0.2, 0) is 21.2 Å². The molecule has 6 nitrogen and oxygen atoms in total. The number of halogens is 1. The molecule has 0 amide bonds. The maximum atomic E-state index is 12.3. The monoisotopic (exact) mass is 386 g/mol. The first-order valence-electron chi connectivity index (χ1n) is 7.57. The number of benzene rings is 2. The first kappa shape index (κ1) is 21.2. The van der Waals surface area contributed by atoms with Gasteiger partial charge in [-0.15, -0.1) is 12.4 Å². The van der Waals surface area contributed by atoms with Crippen LogP contribution in [0.4, 0.5) is 5.69 Å². The zero-order chi connectivity index (χ0) is 17.4. The Morgan fingerprint density at radius 1 is 1.00 bits per heavy atom. The number of rotatable bonds is 9. The normalized spacial score (nSPS) is 10.9. The fourth-order valence-electron chi connectivity index (χ4n) is 2.06. The van der Waals surface area contributed by atoms with Crippen molar-refractivity contribution in [1.29, 1.82) is 0 Å². The van der Waals surface area contributed by atoms with Gasteiger partial charge in [0, 0.05) is 19.3 Å². The standard InChI is InChI=1S/C17H22N2O4S.ClH/c1-22-12-13-23-16-6-8-17(9-7-16)24(20,21)19-11-10-14-2-4-15(18)5-3-14;/h2-9,19H,10-13,18H2,1H3;1H. The van der Waals surface area contributed by atoms with Crippen molar-refractivity contribution >= 4 is 28.1 Å². The van der Waals surface area contributed by atoms with E-state index >= 15 is 0 Å². The smallest absolute Gasteiger partial charge is 0.240 e. The summed E-state index contributed by atoms with van der Waals surface area (Å²) in [6.07, 6.45) is 0.595. The van der Waals surface area contributed by atoms with Crippen LogP contribution in [0.2, 0.25) is 0 Å². The van der Waals surface area contributed by atoms with Crippen molar-refractivity contribution in [2.45, 2.75) is 11.3 Å². The summed E-state index contributed by atoms with van der Waals surface area (Å²) in [6.45, 7) is 1.22. The van der Waals surface area contributed by atoms with E-state index in [1.54, 1.807) is 31.4 Å².